The van der Waals surface area contributed by atoms with E-state index in [0.717, 1.165) is 0 Å². The zero-order valence-electron chi connectivity index (χ0n) is 10.7. The van der Waals surface area contributed by atoms with Gasteiger partial charge in [-0.25, -0.2) is 0 Å². The Morgan fingerprint density at radius 2 is 1.85 bits per heavy atom. The lowest BCUT2D eigenvalue weighted by Crippen LogP contribution is -2.14. The van der Waals surface area contributed by atoms with Crippen molar-refractivity contribution in [2.45, 2.75) is 6.92 Å². The SMILES string of the molecule is CC(=O)c1ccccc1NC(=O)c1ccc(O)c(Cl)c1. The molecule has 2 aromatic rings. The van der Waals surface area contributed by atoms with Crippen molar-refractivity contribution >= 4 is 29.0 Å². The van der Waals surface area contributed by atoms with Crippen LogP contribution in [0.25, 0.3) is 0 Å². The molecule has 0 unspecified atom stereocenters. The number of rotatable bonds is 3. The average molecular weight is 290 g/mol. The zero-order chi connectivity index (χ0) is 14.7. The summed E-state index contributed by atoms with van der Waals surface area (Å²) in [6, 6.07) is 10.9. The third-order valence-electron chi connectivity index (χ3n) is 2.76. The fraction of sp³-hybridized carbons (Fsp3) is 0.0667. The highest BCUT2D eigenvalue weighted by atomic mass is 35.5. The number of anilines is 1. The minimum Gasteiger partial charge on any atom is -0.506 e. The maximum absolute atomic E-state index is 12.1. The molecule has 102 valence electrons. The topological polar surface area (TPSA) is 66.4 Å². The number of ketones is 1. The standard InChI is InChI=1S/C15H12ClNO3/c1-9(18)11-4-2-3-5-13(11)17-15(20)10-6-7-14(19)12(16)8-10/h2-8,19H,1H3,(H,17,20). The molecule has 0 saturated heterocycles. The molecule has 4 nitrogen and oxygen atoms in total. The van der Waals surface area contributed by atoms with Crippen molar-refractivity contribution in [1.29, 1.82) is 0 Å². The summed E-state index contributed by atoms with van der Waals surface area (Å²) >= 11 is 5.76. The van der Waals surface area contributed by atoms with Crippen molar-refractivity contribution in [2.24, 2.45) is 0 Å². The number of Topliss-reactive ketones (excluding diaryl/α,β-unsaturated/α-hetero) is 1. The van der Waals surface area contributed by atoms with Crippen LogP contribution in [0.15, 0.2) is 42.5 Å². The van der Waals surface area contributed by atoms with Gasteiger partial charge in [0.1, 0.15) is 5.75 Å². The summed E-state index contributed by atoms with van der Waals surface area (Å²) in [5.74, 6) is -0.627. The second kappa shape index (κ2) is 5.75. The lowest BCUT2D eigenvalue weighted by molar-refractivity contribution is 0.101. The summed E-state index contributed by atoms with van der Waals surface area (Å²) in [6.45, 7) is 1.43. The van der Waals surface area contributed by atoms with Crippen molar-refractivity contribution in [1.82, 2.24) is 0 Å². The predicted octanol–water partition coefficient (Wildman–Crippen LogP) is 3.50. The highest BCUT2D eigenvalue weighted by Crippen LogP contribution is 2.24. The molecule has 0 heterocycles. The lowest BCUT2D eigenvalue weighted by atomic mass is 10.1. The molecular formula is C15H12ClNO3. The fourth-order valence-electron chi connectivity index (χ4n) is 1.74. The molecule has 0 bridgehead atoms. The third kappa shape index (κ3) is 2.97. The number of phenolic OH excluding ortho intramolecular Hbond substituents is 1. The van der Waals surface area contributed by atoms with E-state index in [2.05, 4.69) is 5.32 Å². The predicted molar refractivity (Wildman–Crippen MR) is 77.5 cm³/mol. The molecule has 0 radical (unpaired) electrons. The Morgan fingerprint density at radius 1 is 1.15 bits per heavy atom. The van der Waals surface area contributed by atoms with Crippen LogP contribution in [0.5, 0.6) is 5.75 Å². The van der Waals surface area contributed by atoms with E-state index < -0.39 is 5.91 Å². The Morgan fingerprint density at radius 3 is 2.50 bits per heavy atom. The van der Waals surface area contributed by atoms with Gasteiger partial charge in [-0.3, -0.25) is 9.59 Å². The number of carbonyl (C=O) groups excluding carboxylic acids is 2. The minimum absolute atomic E-state index is 0.0904. The van der Waals surface area contributed by atoms with E-state index >= 15 is 0 Å². The molecule has 0 fully saturated rings. The lowest BCUT2D eigenvalue weighted by Gasteiger charge is -2.09. The summed E-state index contributed by atoms with van der Waals surface area (Å²) in [5.41, 5.74) is 1.17. The maximum atomic E-state index is 12.1. The minimum atomic E-state index is -0.402. The number of nitrogens with one attached hydrogen (secondary N) is 1. The smallest absolute Gasteiger partial charge is 0.255 e. The Hall–Kier alpha value is -2.33. The van der Waals surface area contributed by atoms with Crippen molar-refractivity contribution in [2.75, 3.05) is 5.32 Å². The fourth-order valence-corrected chi connectivity index (χ4v) is 1.92. The number of hydrogen-bond acceptors (Lipinski definition) is 3. The second-order valence-corrected chi connectivity index (χ2v) is 4.63. The quantitative estimate of drug-likeness (QED) is 0.850. The molecular weight excluding hydrogens is 278 g/mol. The van der Waals surface area contributed by atoms with Gasteiger partial charge in [-0.1, -0.05) is 23.7 Å². The third-order valence-corrected chi connectivity index (χ3v) is 3.07. The number of benzene rings is 2. The molecule has 0 aliphatic heterocycles. The van der Waals surface area contributed by atoms with E-state index in [-0.39, 0.29) is 16.6 Å². The summed E-state index contributed by atoms with van der Waals surface area (Å²) in [6.07, 6.45) is 0. The molecule has 2 aromatic carbocycles. The molecule has 0 aliphatic carbocycles. The van der Waals surface area contributed by atoms with Crippen LogP contribution in [0.1, 0.15) is 27.6 Å². The molecule has 5 heteroatoms. The largest absolute Gasteiger partial charge is 0.506 e. The maximum Gasteiger partial charge on any atom is 0.255 e. The van der Waals surface area contributed by atoms with Crippen LogP contribution in [0.4, 0.5) is 5.69 Å². The van der Waals surface area contributed by atoms with Gasteiger partial charge in [0.2, 0.25) is 0 Å². The van der Waals surface area contributed by atoms with E-state index in [4.69, 9.17) is 11.6 Å². The molecule has 20 heavy (non-hydrogen) atoms. The van der Waals surface area contributed by atoms with Crippen molar-refractivity contribution in [3.63, 3.8) is 0 Å². The van der Waals surface area contributed by atoms with Crippen molar-refractivity contribution in [3.05, 3.63) is 58.6 Å². The van der Waals surface area contributed by atoms with Crippen LogP contribution in [0, 0.1) is 0 Å². The van der Waals surface area contributed by atoms with E-state index in [1.165, 1.54) is 25.1 Å². The highest BCUT2D eigenvalue weighted by Gasteiger charge is 2.12. The average Bonchev–Trinajstić information content (AvgIpc) is 2.42. The Kier molecular flexibility index (Phi) is 4.05. The number of halogens is 1. The van der Waals surface area contributed by atoms with Gasteiger partial charge in [0.05, 0.1) is 10.7 Å². The first kappa shape index (κ1) is 14.1. The molecule has 0 spiro atoms. The van der Waals surface area contributed by atoms with Crippen molar-refractivity contribution in [3.8, 4) is 5.75 Å². The van der Waals surface area contributed by atoms with Gasteiger partial charge in [0.25, 0.3) is 5.91 Å². The molecule has 0 atom stereocenters. The number of carbonyl (C=O) groups is 2. The summed E-state index contributed by atoms with van der Waals surface area (Å²) in [5, 5.41) is 12.1. The first-order valence-corrected chi connectivity index (χ1v) is 6.26. The van der Waals surface area contributed by atoms with Gasteiger partial charge in [-0.2, -0.15) is 0 Å². The number of aromatic hydroxyl groups is 1. The molecule has 0 saturated carbocycles. The van der Waals surface area contributed by atoms with Crippen LogP contribution >= 0.6 is 11.6 Å². The van der Waals surface area contributed by atoms with Crippen molar-refractivity contribution < 1.29 is 14.7 Å². The number of para-hydroxylation sites is 1. The summed E-state index contributed by atoms with van der Waals surface area (Å²) in [7, 11) is 0. The Bertz CT molecular complexity index is 683. The van der Waals surface area contributed by atoms with E-state index in [1.807, 2.05) is 0 Å². The normalized spacial score (nSPS) is 10.1. The molecule has 1 amide bonds. The van der Waals surface area contributed by atoms with E-state index in [0.29, 0.717) is 16.8 Å². The zero-order valence-corrected chi connectivity index (χ0v) is 11.4. The van der Waals surface area contributed by atoms with Gasteiger partial charge in [-0.05, 0) is 37.3 Å². The summed E-state index contributed by atoms with van der Waals surface area (Å²) in [4.78, 5) is 23.6. The Labute approximate surface area is 121 Å². The van der Waals surface area contributed by atoms with E-state index in [9.17, 15) is 14.7 Å². The Balaban J connectivity index is 2.28. The molecule has 2 rings (SSSR count). The van der Waals surface area contributed by atoms with Crippen LogP contribution in [0.2, 0.25) is 5.02 Å². The number of phenols is 1. The number of hydrogen-bond donors (Lipinski definition) is 2. The van der Waals surface area contributed by atoms with Gasteiger partial charge in [0.15, 0.2) is 5.78 Å². The van der Waals surface area contributed by atoms with Gasteiger partial charge in [0, 0.05) is 11.1 Å². The first-order chi connectivity index (χ1) is 9.49. The van der Waals surface area contributed by atoms with Gasteiger partial charge >= 0.3 is 0 Å². The molecule has 2 N–H and O–H groups in total. The van der Waals surface area contributed by atoms with Crippen LogP contribution < -0.4 is 5.32 Å². The highest BCUT2D eigenvalue weighted by molar-refractivity contribution is 6.32. The first-order valence-electron chi connectivity index (χ1n) is 5.89. The van der Waals surface area contributed by atoms with Crippen LogP contribution in [-0.4, -0.2) is 16.8 Å². The molecule has 0 aromatic heterocycles. The summed E-state index contributed by atoms with van der Waals surface area (Å²) < 4.78 is 0. The van der Waals surface area contributed by atoms with E-state index in [1.54, 1.807) is 24.3 Å². The van der Waals surface area contributed by atoms with Gasteiger partial charge in [-0.15, -0.1) is 0 Å². The van der Waals surface area contributed by atoms with Crippen LogP contribution in [-0.2, 0) is 0 Å². The van der Waals surface area contributed by atoms with Crippen LogP contribution in [0.3, 0.4) is 0 Å². The molecule has 0 aliphatic rings. The number of amides is 1. The van der Waals surface area contributed by atoms with Gasteiger partial charge < -0.3 is 10.4 Å². The monoisotopic (exact) mass is 289 g/mol. The second-order valence-electron chi connectivity index (χ2n) is 4.22.